The molecule has 1 aliphatic rings. The average Bonchev–Trinajstić information content (AvgIpc) is 2.11. The van der Waals surface area contributed by atoms with Crippen molar-refractivity contribution in [2.45, 2.75) is 45.4 Å². The van der Waals surface area contributed by atoms with Gasteiger partial charge >= 0.3 is 0 Å². The van der Waals surface area contributed by atoms with Crippen molar-refractivity contribution in [3.05, 3.63) is 0 Å². The van der Waals surface area contributed by atoms with Crippen LogP contribution in [0.1, 0.15) is 27.7 Å². The van der Waals surface area contributed by atoms with Crippen LogP contribution in [-0.4, -0.2) is 47.4 Å². The van der Waals surface area contributed by atoms with Crippen molar-refractivity contribution in [1.82, 2.24) is 4.90 Å². The number of aliphatic hydroxyl groups is 1. The number of hydrogen-bond donors (Lipinski definition) is 1. The van der Waals surface area contributed by atoms with E-state index in [1.54, 1.807) is 0 Å². The predicted octanol–water partition coefficient (Wildman–Crippen LogP) is 0.867. The molecule has 1 rings (SSSR count). The molecule has 0 spiro atoms. The third-order valence-electron chi connectivity index (χ3n) is 2.44. The van der Waals surface area contributed by atoms with Gasteiger partial charge in [-0.15, -0.1) is 0 Å². The lowest BCUT2D eigenvalue weighted by Gasteiger charge is -2.30. The van der Waals surface area contributed by atoms with Gasteiger partial charge in [-0.05, 0) is 27.7 Å². The Labute approximate surface area is 80.7 Å². The van der Waals surface area contributed by atoms with Crippen LogP contribution >= 0.6 is 0 Å². The Morgan fingerprint density at radius 2 is 2.15 bits per heavy atom. The molecule has 0 saturated carbocycles. The molecule has 1 N–H and O–H groups in total. The SMILES string of the molecule is CC(C)N1C[C@@H](C)OC[C@](C)(O)C1. The number of β-amino-alcohol motifs (C(OH)–C–C–N with tert-alkyl or cyclic N) is 1. The summed E-state index contributed by atoms with van der Waals surface area (Å²) in [5.41, 5.74) is -0.699. The van der Waals surface area contributed by atoms with Crippen LogP contribution < -0.4 is 0 Å². The van der Waals surface area contributed by atoms with Crippen molar-refractivity contribution in [2.24, 2.45) is 0 Å². The van der Waals surface area contributed by atoms with Gasteiger partial charge in [0, 0.05) is 19.1 Å². The molecule has 1 aliphatic heterocycles. The maximum Gasteiger partial charge on any atom is 0.0978 e. The topological polar surface area (TPSA) is 32.7 Å². The lowest BCUT2D eigenvalue weighted by molar-refractivity contribution is -0.0391. The Kier molecular flexibility index (Phi) is 3.33. The van der Waals surface area contributed by atoms with Crippen LogP contribution in [-0.2, 0) is 4.74 Å². The molecule has 3 nitrogen and oxygen atoms in total. The van der Waals surface area contributed by atoms with Crippen LogP contribution in [0.15, 0.2) is 0 Å². The van der Waals surface area contributed by atoms with Gasteiger partial charge in [0.2, 0.25) is 0 Å². The lowest BCUT2D eigenvalue weighted by Crippen LogP contribution is -2.44. The minimum atomic E-state index is -0.699. The van der Waals surface area contributed by atoms with Crippen LogP contribution in [0.3, 0.4) is 0 Å². The van der Waals surface area contributed by atoms with Gasteiger partial charge in [0.25, 0.3) is 0 Å². The second-order valence-electron chi connectivity index (χ2n) is 4.64. The molecule has 13 heavy (non-hydrogen) atoms. The number of nitrogens with zero attached hydrogens (tertiary/aromatic N) is 1. The highest BCUT2D eigenvalue weighted by Crippen LogP contribution is 2.16. The van der Waals surface area contributed by atoms with Gasteiger partial charge < -0.3 is 9.84 Å². The van der Waals surface area contributed by atoms with Gasteiger partial charge in [-0.25, -0.2) is 0 Å². The summed E-state index contributed by atoms with van der Waals surface area (Å²) < 4.78 is 5.51. The van der Waals surface area contributed by atoms with E-state index >= 15 is 0 Å². The van der Waals surface area contributed by atoms with E-state index in [0.29, 0.717) is 19.2 Å². The first-order chi connectivity index (χ1) is 5.91. The predicted molar refractivity (Wildman–Crippen MR) is 52.7 cm³/mol. The molecule has 1 fully saturated rings. The highest BCUT2D eigenvalue weighted by molar-refractivity contribution is 4.83. The molecule has 78 valence electrons. The van der Waals surface area contributed by atoms with Crippen molar-refractivity contribution >= 4 is 0 Å². The average molecular weight is 187 g/mol. The van der Waals surface area contributed by atoms with Crippen LogP contribution in [0.2, 0.25) is 0 Å². The normalized spacial score (nSPS) is 37.8. The summed E-state index contributed by atoms with van der Waals surface area (Å²) in [6.45, 7) is 10.2. The van der Waals surface area contributed by atoms with E-state index in [9.17, 15) is 5.11 Å². The van der Waals surface area contributed by atoms with E-state index in [4.69, 9.17) is 4.74 Å². The van der Waals surface area contributed by atoms with Crippen molar-refractivity contribution in [2.75, 3.05) is 19.7 Å². The fourth-order valence-electron chi connectivity index (χ4n) is 1.65. The van der Waals surface area contributed by atoms with Gasteiger partial charge in [-0.1, -0.05) is 0 Å². The van der Waals surface area contributed by atoms with Crippen molar-refractivity contribution in [1.29, 1.82) is 0 Å². The Morgan fingerprint density at radius 3 is 2.69 bits per heavy atom. The second kappa shape index (κ2) is 3.95. The van der Waals surface area contributed by atoms with Crippen LogP contribution in [0.4, 0.5) is 0 Å². The maximum atomic E-state index is 9.92. The zero-order chi connectivity index (χ0) is 10.1. The number of rotatable bonds is 1. The fraction of sp³-hybridized carbons (Fsp3) is 1.00. The Hall–Kier alpha value is -0.120. The van der Waals surface area contributed by atoms with Crippen LogP contribution in [0.25, 0.3) is 0 Å². The molecule has 0 amide bonds. The van der Waals surface area contributed by atoms with Gasteiger partial charge in [0.1, 0.15) is 0 Å². The largest absolute Gasteiger partial charge is 0.386 e. The first kappa shape index (κ1) is 11.0. The van der Waals surface area contributed by atoms with Crippen molar-refractivity contribution in [3.8, 4) is 0 Å². The molecule has 1 heterocycles. The molecular formula is C10H21NO2. The molecule has 3 heteroatoms. The van der Waals surface area contributed by atoms with E-state index in [1.165, 1.54) is 0 Å². The summed E-state index contributed by atoms with van der Waals surface area (Å²) >= 11 is 0. The minimum Gasteiger partial charge on any atom is -0.386 e. The molecule has 0 aromatic heterocycles. The summed E-state index contributed by atoms with van der Waals surface area (Å²) in [4.78, 5) is 2.26. The first-order valence-corrected chi connectivity index (χ1v) is 4.99. The molecule has 0 bridgehead atoms. The quantitative estimate of drug-likeness (QED) is 0.661. The number of hydrogen-bond acceptors (Lipinski definition) is 3. The second-order valence-corrected chi connectivity index (χ2v) is 4.64. The molecule has 2 atom stereocenters. The highest BCUT2D eigenvalue weighted by Gasteiger charge is 2.30. The smallest absolute Gasteiger partial charge is 0.0978 e. The third kappa shape index (κ3) is 3.25. The monoisotopic (exact) mass is 187 g/mol. The molecule has 0 unspecified atom stereocenters. The number of ether oxygens (including phenoxy) is 1. The van der Waals surface area contributed by atoms with Gasteiger partial charge in [0.15, 0.2) is 0 Å². The van der Waals surface area contributed by atoms with Gasteiger partial charge in [0.05, 0.1) is 18.3 Å². The third-order valence-corrected chi connectivity index (χ3v) is 2.44. The van der Waals surface area contributed by atoms with Crippen LogP contribution in [0.5, 0.6) is 0 Å². The lowest BCUT2D eigenvalue weighted by atomic mass is 10.1. The van der Waals surface area contributed by atoms with E-state index < -0.39 is 5.60 Å². The summed E-state index contributed by atoms with van der Waals surface area (Å²) in [6.07, 6.45) is 0.219. The Balaban J connectivity index is 2.63. The Bertz CT molecular complexity index is 168. The molecule has 0 aromatic carbocycles. The van der Waals surface area contributed by atoms with E-state index in [1.807, 2.05) is 6.92 Å². The van der Waals surface area contributed by atoms with Crippen molar-refractivity contribution < 1.29 is 9.84 Å². The molecular weight excluding hydrogens is 166 g/mol. The van der Waals surface area contributed by atoms with E-state index in [0.717, 1.165) is 6.54 Å². The summed E-state index contributed by atoms with van der Waals surface area (Å²) in [5.74, 6) is 0. The first-order valence-electron chi connectivity index (χ1n) is 4.99. The standard InChI is InChI=1S/C10H21NO2/c1-8(2)11-5-9(3)13-7-10(4,12)6-11/h8-9,12H,5-7H2,1-4H3/t9-,10-/m1/s1. The molecule has 0 radical (unpaired) electrons. The fourth-order valence-corrected chi connectivity index (χ4v) is 1.65. The maximum absolute atomic E-state index is 9.92. The Morgan fingerprint density at radius 1 is 1.54 bits per heavy atom. The molecule has 1 saturated heterocycles. The molecule has 0 aliphatic carbocycles. The van der Waals surface area contributed by atoms with Gasteiger partial charge in [-0.2, -0.15) is 0 Å². The zero-order valence-electron chi connectivity index (χ0n) is 9.08. The molecule has 0 aromatic rings. The summed E-state index contributed by atoms with van der Waals surface area (Å²) in [5, 5.41) is 9.92. The zero-order valence-corrected chi connectivity index (χ0v) is 9.08. The van der Waals surface area contributed by atoms with Crippen molar-refractivity contribution in [3.63, 3.8) is 0 Å². The summed E-state index contributed by atoms with van der Waals surface area (Å²) in [7, 11) is 0. The van der Waals surface area contributed by atoms with Crippen LogP contribution in [0, 0.1) is 0 Å². The van der Waals surface area contributed by atoms with Gasteiger partial charge in [-0.3, -0.25) is 4.90 Å². The highest BCUT2D eigenvalue weighted by atomic mass is 16.5. The summed E-state index contributed by atoms with van der Waals surface area (Å²) in [6, 6.07) is 0.468. The van der Waals surface area contributed by atoms with E-state index in [2.05, 4.69) is 25.7 Å². The van der Waals surface area contributed by atoms with E-state index in [-0.39, 0.29) is 6.10 Å². The minimum absolute atomic E-state index is 0.219.